The van der Waals surface area contributed by atoms with Gasteiger partial charge in [0.1, 0.15) is 5.82 Å². The normalized spacial score (nSPS) is 11.7. The number of anilines is 2. The lowest BCUT2D eigenvalue weighted by atomic mass is 10.2. The van der Waals surface area contributed by atoms with E-state index in [0.717, 1.165) is 12.1 Å². The highest BCUT2D eigenvalue weighted by molar-refractivity contribution is 7.93. The predicted octanol–water partition coefficient (Wildman–Crippen LogP) is 2.83. The lowest BCUT2D eigenvalue weighted by Gasteiger charge is -2.14. The molecule has 8 nitrogen and oxygen atoms in total. The Bertz CT molecular complexity index is 1360. The molecule has 1 amide bonds. The number of para-hydroxylation sites is 1. The van der Waals surface area contributed by atoms with Gasteiger partial charge in [-0.3, -0.25) is 14.2 Å². The van der Waals surface area contributed by atoms with Gasteiger partial charge >= 0.3 is 0 Å². The van der Waals surface area contributed by atoms with Crippen LogP contribution in [0.25, 0.3) is 0 Å². The van der Waals surface area contributed by atoms with E-state index >= 15 is 0 Å². The third-order valence-electron chi connectivity index (χ3n) is 4.30. The lowest BCUT2D eigenvalue weighted by Crippen LogP contribution is -2.17. The highest BCUT2D eigenvalue weighted by Crippen LogP contribution is 2.25. The van der Waals surface area contributed by atoms with E-state index in [1.165, 1.54) is 61.5 Å². The first kappa shape index (κ1) is 22.2. The van der Waals surface area contributed by atoms with Gasteiger partial charge in [-0.15, -0.1) is 0 Å². The zero-order valence-corrected chi connectivity index (χ0v) is 17.8. The van der Waals surface area contributed by atoms with Gasteiger partial charge in [-0.1, -0.05) is 18.2 Å². The first-order valence-corrected chi connectivity index (χ1v) is 11.8. The number of hydrogen-bond donors (Lipinski definition) is 3. The van der Waals surface area contributed by atoms with Crippen LogP contribution in [-0.2, 0) is 20.0 Å². The monoisotopic (exact) mass is 463 g/mol. The fourth-order valence-electron chi connectivity index (χ4n) is 2.71. The molecule has 0 radical (unpaired) electrons. The molecule has 0 spiro atoms. The number of benzene rings is 3. The van der Waals surface area contributed by atoms with E-state index in [1.54, 1.807) is 0 Å². The van der Waals surface area contributed by atoms with Crippen molar-refractivity contribution in [3.05, 3.63) is 83.7 Å². The molecule has 3 aromatic rings. The largest absolute Gasteiger partial charge is 0.366 e. The molecule has 0 atom stereocenters. The Balaban J connectivity index is 1.91. The molecule has 0 aliphatic rings. The van der Waals surface area contributed by atoms with Crippen molar-refractivity contribution in [1.82, 2.24) is 0 Å². The number of nitrogens with two attached hydrogens (primary N) is 1. The van der Waals surface area contributed by atoms with Gasteiger partial charge in [-0.05, 0) is 61.0 Å². The number of amides is 1. The summed E-state index contributed by atoms with van der Waals surface area (Å²) in [7, 11) is -8.27. The molecule has 0 saturated heterocycles. The molecule has 0 unspecified atom stereocenters. The smallest absolute Gasteiger partial charge is 0.262 e. The zero-order valence-electron chi connectivity index (χ0n) is 16.2. The van der Waals surface area contributed by atoms with Crippen LogP contribution in [0, 0.1) is 12.7 Å². The molecule has 3 aromatic carbocycles. The minimum atomic E-state index is -4.20. The molecule has 11 heteroatoms. The number of carbonyl (C=O) groups excluding carboxylic acids is 1. The third-order valence-corrected chi connectivity index (χ3v) is 7.20. The van der Waals surface area contributed by atoms with Crippen molar-refractivity contribution in [2.24, 2.45) is 5.73 Å². The fraction of sp³-hybridized carbons (Fsp3) is 0.0500. The molecule has 0 heterocycles. The highest BCUT2D eigenvalue weighted by Gasteiger charge is 2.21. The molecular weight excluding hydrogens is 445 g/mol. The van der Waals surface area contributed by atoms with Crippen molar-refractivity contribution in [1.29, 1.82) is 0 Å². The lowest BCUT2D eigenvalue weighted by molar-refractivity contribution is 0.1000. The predicted molar refractivity (Wildman–Crippen MR) is 114 cm³/mol. The highest BCUT2D eigenvalue weighted by atomic mass is 32.2. The molecule has 0 saturated carbocycles. The van der Waals surface area contributed by atoms with Crippen LogP contribution in [0.3, 0.4) is 0 Å². The Kier molecular flexibility index (Phi) is 6.00. The van der Waals surface area contributed by atoms with Gasteiger partial charge in [-0.2, -0.15) is 0 Å². The van der Waals surface area contributed by atoms with Crippen LogP contribution in [-0.4, -0.2) is 22.7 Å². The van der Waals surface area contributed by atoms with Crippen molar-refractivity contribution < 1.29 is 26.0 Å². The van der Waals surface area contributed by atoms with Crippen LogP contribution in [0.2, 0.25) is 0 Å². The van der Waals surface area contributed by atoms with Crippen LogP contribution < -0.4 is 15.2 Å². The van der Waals surface area contributed by atoms with Gasteiger partial charge in [0.05, 0.1) is 21.2 Å². The summed E-state index contributed by atoms with van der Waals surface area (Å²) in [6, 6.07) is 14.2. The van der Waals surface area contributed by atoms with Crippen molar-refractivity contribution in [3.63, 3.8) is 0 Å². The van der Waals surface area contributed by atoms with E-state index in [0.29, 0.717) is 5.56 Å². The van der Waals surface area contributed by atoms with E-state index < -0.39 is 31.8 Å². The zero-order chi connectivity index (χ0) is 22.8. The molecule has 31 heavy (non-hydrogen) atoms. The summed E-state index contributed by atoms with van der Waals surface area (Å²) in [5.74, 6) is -1.45. The SMILES string of the molecule is Cc1ccc(NS(=O)(=O)c2ccc(C(N)=O)cc2)cc1S(=O)(=O)Nc1ccccc1F. The fourth-order valence-corrected chi connectivity index (χ4v) is 5.10. The molecule has 0 fully saturated rings. The van der Waals surface area contributed by atoms with Crippen LogP contribution in [0.15, 0.2) is 76.5 Å². The molecular formula is C20H18FN3O5S2. The maximum atomic E-state index is 13.9. The van der Waals surface area contributed by atoms with Gasteiger partial charge in [0.25, 0.3) is 20.0 Å². The number of hydrogen-bond acceptors (Lipinski definition) is 5. The second-order valence-electron chi connectivity index (χ2n) is 6.56. The second kappa shape index (κ2) is 8.36. The summed E-state index contributed by atoms with van der Waals surface area (Å²) < 4.78 is 69.1. The molecule has 0 aromatic heterocycles. The van der Waals surface area contributed by atoms with Crippen molar-refractivity contribution in [2.75, 3.05) is 9.44 Å². The Morgan fingerprint density at radius 3 is 2.13 bits per heavy atom. The molecule has 0 bridgehead atoms. The standard InChI is InChI=1S/C20H18FN3O5S2/c1-13-6-9-15(23-30(26,27)16-10-7-14(8-11-16)20(22)25)12-19(13)31(28,29)24-18-5-3-2-4-17(18)21/h2-12,23-24H,1H3,(H2,22,25). The Hall–Kier alpha value is -3.44. The topological polar surface area (TPSA) is 135 Å². The van der Waals surface area contributed by atoms with Gasteiger partial charge in [0.2, 0.25) is 5.91 Å². The quantitative estimate of drug-likeness (QED) is 0.495. The minimum absolute atomic E-state index is 0.0153. The first-order chi connectivity index (χ1) is 14.5. The number of rotatable bonds is 7. The first-order valence-electron chi connectivity index (χ1n) is 8.80. The second-order valence-corrected chi connectivity index (χ2v) is 9.89. The third kappa shape index (κ3) is 5.01. The van der Waals surface area contributed by atoms with E-state index in [-0.39, 0.29) is 26.7 Å². The molecule has 3 rings (SSSR count). The van der Waals surface area contributed by atoms with Crippen molar-refractivity contribution in [3.8, 4) is 0 Å². The van der Waals surface area contributed by atoms with Gasteiger partial charge in [0, 0.05) is 5.56 Å². The van der Waals surface area contributed by atoms with Gasteiger partial charge in [-0.25, -0.2) is 21.2 Å². The molecule has 0 aliphatic carbocycles. The molecule has 162 valence electrons. The maximum Gasteiger partial charge on any atom is 0.262 e. The van der Waals surface area contributed by atoms with Crippen LogP contribution in [0.1, 0.15) is 15.9 Å². The Labute approximate surface area is 179 Å². The van der Waals surface area contributed by atoms with Crippen LogP contribution in [0.4, 0.5) is 15.8 Å². The average Bonchev–Trinajstić information content (AvgIpc) is 2.71. The molecule has 0 aliphatic heterocycles. The summed E-state index contributed by atoms with van der Waals surface area (Å²) in [4.78, 5) is 10.8. The summed E-state index contributed by atoms with van der Waals surface area (Å²) in [5, 5.41) is 0. The number of carbonyl (C=O) groups is 1. The van der Waals surface area contributed by atoms with Crippen LogP contribution >= 0.6 is 0 Å². The average molecular weight is 464 g/mol. The minimum Gasteiger partial charge on any atom is -0.366 e. The van der Waals surface area contributed by atoms with E-state index in [2.05, 4.69) is 9.44 Å². The summed E-state index contributed by atoms with van der Waals surface area (Å²) in [6.45, 7) is 1.52. The Morgan fingerprint density at radius 2 is 1.52 bits per heavy atom. The van der Waals surface area contributed by atoms with Gasteiger partial charge < -0.3 is 5.73 Å². The Morgan fingerprint density at radius 1 is 0.871 bits per heavy atom. The number of primary amides is 1. The van der Waals surface area contributed by atoms with E-state index in [4.69, 9.17) is 5.73 Å². The van der Waals surface area contributed by atoms with Crippen molar-refractivity contribution >= 4 is 37.3 Å². The van der Waals surface area contributed by atoms with Crippen molar-refractivity contribution in [2.45, 2.75) is 16.7 Å². The van der Waals surface area contributed by atoms with Gasteiger partial charge in [0.15, 0.2) is 0 Å². The van der Waals surface area contributed by atoms with E-state index in [9.17, 15) is 26.0 Å². The summed E-state index contributed by atoms with van der Waals surface area (Å²) >= 11 is 0. The van der Waals surface area contributed by atoms with Crippen LogP contribution in [0.5, 0.6) is 0 Å². The number of aryl methyl sites for hydroxylation is 1. The molecule has 4 N–H and O–H groups in total. The maximum absolute atomic E-state index is 13.9. The number of nitrogens with one attached hydrogen (secondary N) is 2. The summed E-state index contributed by atoms with van der Waals surface area (Å²) in [6.07, 6.45) is 0. The number of sulfonamides is 2. The van der Waals surface area contributed by atoms with E-state index in [1.807, 2.05) is 0 Å². The number of halogens is 1. The summed E-state index contributed by atoms with van der Waals surface area (Å²) in [5.41, 5.74) is 5.36.